The molecule has 1 aliphatic rings. The van der Waals surface area contributed by atoms with Crippen LogP contribution in [-0.2, 0) is 11.2 Å². The lowest BCUT2D eigenvalue weighted by Crippen LogP contribution is -2.40. The monoisotopic (exact) mass is 178 g/mol. The van der Waals surface area contributed by atoms with Crippen LogP contribution in [0.2, 0.25) is 0 Å². The number of amides is 1. The zero-order valence-electron chi connectivity index (χ0n) is 6.95. The molecule has 1 heterocycles. The van der Waals surface area contributed by atoms with Gasteiger partial charge in [-0.05, 0) is 30.2 Å². The number of carbonyl (C=O) groups is 1. The van der Waals surface area contributed by atoms with E-state index < -0.39 is 6.04 Å². The maximum absolute atomic E-state index is 11.1. The van der Waals surface area contributed by atoms with Crippen LogP contribution in [0.15, 0.2) is 18.2 Å². The number of phenolic OH excluding ortho intramolecular Hbond substituents is 1. The van der Waals surface area contributed by atoms with Crippen LogP contribution in [0.25, 0.3) is 0 Å². The number of fused-ring (bicyclic) bond motifs is 1. The van der Waals surface area contributed by atoms with Crippen molar-refractivity contribution in [1.82, 2.24) is 0 Å². The molecule has 1 atom stereocenters. The molecule has 0 saturated heterocycles. The SMILES string of the molecule is NC1Cc2cc(O)ccc2NC1=O. The number of aromatic hydroxyl groups is 1. The van der Waals surface area contributed by atoms with E-state index >= 15 is 0 Å². The van der Waals surface area contributed by atoms with Gasteiger partial charge in [0.1, 0.15) is 5.75 Å². The van der Waals surface area contributed by atoms with Crippen LogP contribution in [0.5, 0.6) is 5.75 Å². The fourth-order valence-corrected chi connectivity index (χ4v) is 1.43. The third-order valence-corrected chi connectivity index (χ3v) is 2.12. The van der Waals surface area contributed by atoms with Gasteiger partial charge >= 0.3 is 0 Å². The van der Waals surface area contributed by atoms with Gasteiger partial charge in [-0.3, -0.25) is 4.79 Å². The van der Waals surface area contributed by atoms with E-state index in [9.17, 15) is 9.90 Å². The van der Waals surface area contributed by atoms with Gasteiger partial charge in [0, 0.05) is 5.69 Å². The van der Waals surface area contributed by atoms with Crippen molar-refractivity contribution in [3.8, 4) is 5.75 Å². The number of benzene rings is 1. The molecule has 1 amide bonds. The molecule has 13 heavy (non-hydrogen) atoms. The Kier molecular flexibility index (Phi) is 1.70. The van der Waals surface area contributed by atoms with Crippen LogP contribution in [-0.4, -0.2) is 17.1 Å². The summed E-state index contributed by atoms with van der Waals surface area (Å²) in [6, 6.07) is 4.33. The van der Waals surface area contributed by atoms with E-state index in [0.29, 0.717) is 6.42 Å². The van der Waals surface area contributed by atoms with Crippen molar-refractivity contribution in [2.24, 2.45) is 5.73 Å². The number of anilines is 1. The molecule has 2 rings (SSSR count). The highest BCUT2D eigenvalue weighted by molar-refractivity contribution is 5.97. The van der Waals surface area contributed by atoms with Crippen molar-refractivity contribution in [3.63, 3.8) is 0 Å². The number of hydrogen-bond acceptors (Lipinski definition) is 3. The Balaban J connectivity index is 2.42. The van der Waals surface area contributed by atoms with E-state index in [4.69, 9.17) is 5.73 Å². The molecule has 1 aromatic carbocycles. The first-order valence-electron chi connectivity index (χ1n) is 4.05. The van der Waals surface area contributed by atoms with Gasteiger partial charge in [-0.1, -0.05) is 0 Å². The fraction of sp³-hybridized carbons (Fsp3) is 0.222. The Morgan fingerprint density at radius 3 is 3.08 bits per heavy atom. The molecule has 0 spiro atoms. The molecule has 4 nitrogen and oxygen atoms in total. The molecular formula is C9H10N2O2. The van der Waals surface area contributed by atoms with E-state index in [-0.39, 0.29) is 11.7 Å². The van der Waals surface area contributed by atoms with Crippen molar-refractivity contribution in [3.05, 3.63) is 23.8 Å². The number of hydrogen-bond donors (Lipinski definition) is 3. The van der Waals surface area contributed by atoms with E-state index in [1.165, 1.54) is 6.07 Å². The molecule has 4 N–H and O–H groups in total. The van der Waals surface area contributed by atoms with Gasteiger partial charge in [0.2, 0.25) is 5.91 Å². The third kappa shape index (κ3) is 1.36. The molecule has 0 fully saturated rings. The second-order valence-corrected chi connectivity index (χ2v) is 3.14. The molecule has 1 unspecified atom stereocenters. The number of carbonyl (C=O) groups excluding carboxylic acids is 1. The normalized spacial score (nSPS) is 20.7. The molecule has 0 bridgehead atoms. The maximum Gasteiger partial charge on any atom is 0.241 e. The first kappa shape index (κ1) is 8.07. The van der Waals surface area contributed by atoms with Crippen molar-refractivity contribution in [2.75, 3.05) is 5.32 Å². The standard InChI is InChI=1S/C9H10N2O2/c10-7-4-5-3-6(12)1-2-8(5)11-9(7)13/h1-3,7,12H,4,10H2,(H,11,13). The smallest absolute Gasteiger partial charge is 0.241 e. The minimum atomic E-state index is -0.505. The lowest BCUT2D eigenvalue weighted by molar-refractivity contribution is -0.117. The van der Waals surface area contributed by atoms with Crippen molar-refractivity contribution in [2.45, 2.75) is 12.5 Å². The molecule has 0 aliphatic carbocycles. The van der Waals surface area contributed by atoms with E-state index in [1.54, 1.807) is 12.1 Å². The van der Waals surface area contributed by atoms with E-state index in [0.717, 1.165) is 11.3 Å². The number of rotatable bonds is 0. The third-order valence-electron chi connectivity index (χ3n) is 2.12. The first-order chi connectivity index (χ1) is 6.16. The number of phenols is 1. The van der Waals surface area contributed by atoms with Crippen LogP contribution in [0.3, 0.4) is 0 Å². The molecule has 68 valence electrons. The highest BCUT2D eigenvalue weighted by atomic mass is 16.3. The van der Waals surface area contributed by atoms with Crippen LogP contribution in [0, 0.1) is 0 Å². The van der Waals surface area contributed by atoms with Crippen LogP contribution in [0.1, 0.15) is 5.56 Å². The molecule has 1 aliphatic heterocycles. The molecule has 0 radical (unpaired) electrons. The fourth-order valence-electron chi connectivity index (χ4n) is 1.43. The van der Waals surface area contributed by atoms with Crippen molar-refractivity contribution >= 4 is 11.6 Å². The first-order valence-corrected chi connectivity index (χ1v) is 4.05. The van der Waals surface area contributed by atoms with Gasteiger partial charge in [0.15, 0.2) is 0 Å². The summed E-state index contributed by atoms with van der Waals surface area (Å²) in [4.78, 5) is 11.1. The summed E-state index contributed by atoms with van der Waals surface area (Å²) in [5.74, 6) is 0.0280. The summed E-state index contributed by atoms with van der Waals surface area (Å²) in [5.41, 5.74) is 7.17. The number of nitrogens with two attached hydrogens (primary N) is 1. The average Bonchev–Trinajstić information content (AvgIpc) is 2.08. The summed E-state index contributed by atoms with van der Waals surface area (Å²) in [5, 5.41) is 11.8. The molecule has 4 heteroatoms. The maximum atomic E-state index is 11.1. The van der Waals surface area contributed by atoms with E-state index in [1.807, 2.05) is 0 Å². The molecule has 0 saturated carbocycles. The lowest BCUT2D eigenvalue weighted by Gasteiger charge is -2.21. The van der Waals surface area contributed by atoms with Crippen LogP contribution >= 0.6 is 0 Å². The van der Waals surface area contributed by atoms with Gasteiger partial charge in [-0.2, -0.15) is 0 Å². The predicted molar refractivity (Wildman–Crippen MR) is 48.4 cm³/mol. The Morgan fingerprint density at radius 2 is 2.31 bits per heavy atom. The van der Waals surface area contributed by atoms with Gasteiger partial charge in [-0.25, -0.2) is 0 Å². The number of nitrogens with one attached hydrogen (secondary N) is 1. The Morgan fingerprint density at radius 1 is 1.54 bits per heavy atom. The van der Waals surface area contributed by atoms with Crippen molar-refractivity contribution < 1.29 is 9.90 Å². The topological polar surface area (TPSA) is 75.3 Å². The Bertz CT molecular complexity index is 363. The summed E-state index contributed by atoms with van der Waals surface area (Å²) < 4.78 is 0. The van der Waals surface area contributed by atoms with Gasteiger partial charge in [-0.15, -0.1) is 0 Å². The average molecular weight is 178 g/mol. The predicted octanol–water partition coefficient (Wildman–Crippen LogP) is 0.214. The minimum absolute atomic E-state index is 0.168. The van der Waals surface area contributed by atoms with Gasteiger partial charge in [0.05, 0.1) is 6.04 Å². The summed E-state index contributed by atoms with van der Waals surface area (Å²) in [7, 11) is 0. The summed E-state index contributed by atoms with van der Waals surface area (Å²) in [6.45, 7) is 0. The zero-order valence-corrected chi connectivity index (χ0v) is 6.95. The van der Waals surface area contributed by atoms with Crippen molar-refractivity contribution in [1.29, 1.82) is 0 Å². The highest BCUT2D eigenvalue weighted by Gasteiger charge is 2.22. The highest BCUT2D eigenvalue weighted by Crippen LogP contribution is 2.25. The molecule has 0 aromatic heterocycles. The summed E-state index contributed by atoms with van der Waals surface area (Å²) in [6.07, 6.45) is 0.482. The van der Waals surface area contributed by atoms with Gasteiger partial charge in [0.25, 0.3) is 0 Å². The van der Waals surface area contributed by atoms with Gasteiger partial charge < -0.3 is 16.2 Å². The van der Waals surface area contributed by atoms with Crippen LogP contribution < -0.4 is 11.1 Å². The molecule has 1 aromatic rings. The minimum Gasteiger partial charge on any atom is -0.508 e. The molecular weight excluding hydrogens is 168 g/mol. The second-order valence-electron chi connectivity index (χ2n) is 3.14. The van der Waals surface area contributed by atoms with E-state index in [2.05, 4.69) is 5.32 Å². The van der Waals surface area contributed by atoms with Crippen LogP contribution in [0.4, 0.5) is 5.69 Å². The second kappa shape index (κ2) is 2.74. The quantitative estimate of drug-likeness (QED) is 0.497. The Hall–Kier alpha value is -1.55. The zero-order chi connectivity index (χ0) is 9.42. The Labute approximate surface area is 75.4 Å². The summed E-state index contributed by atoms with van der Waals surface area (Å²) >= 11 is 0. The largest absolute Gasteiger partial charge is 0.508 e. The lowest BCUT2D eigenvalue weighted by atomic mass is 9.99.